The van der Waals surface area contributed by atoms with Gasteiger partial charge in [0.05, 0.1) is 9.77 Å². The third kappa shape index (κ3) is 4.42. The van der Waals surface area contributed by atoms with Crippen molar-refractivity contribution in [3.8, 4) is 0 Å². The molecule has 0 unspecified atom stereocenters. The first-order valence-electron chi connectivity index (χ1n) is 9.06. The number of amides is 1. The smallest absolute Gasteiger partial charge is 0.265 e. The monoisotopic (exact) mass is 406 g/mol. The van der Waals surface area contributed by atoms with Crippen LogP contribution in [-0.2, 0) is 22.9 Å². The lowest BCUT2D eigenvalue weighted by molar-refractivity contribution is 0.103. The van der Waals surface area contributed by atoms with E-state index in [2.05, 4.69) is 30.8 Å². The van der Waals surface area contributed by atoms with Gasteiger partial charge in [-0.3, -0.25) is 4.79 Å². The molecule has 0 spiro atoms. The van der Waals surface area contributed by atoms with E-state index in [0.29, 0.717) is 16.5 Å². The van der Waals surface area contributed by atoms with Crippen molar-refractivity contribution in [2.75, 3.05) is 12.4 Å². The molecular weight excluding hydrogens is 380 g/mol. The number of benzene rings is 1. The molecule has 1 heterocycles. The van der Waals surface area contributed by atoms with E-state index in [9.17, 15) is 13.2 Å². The van der Waals surface area contributed by atoms with Crippen molar-refractivity contribution in [3.05, 3.63) is 45.6 Å². The van der Waals surface area contributed by atoms with Crippen LogP contribution in [0.5, 0.6) is 0 Å². The van der Waals surface area contributed by atoms with Gasteiger partial charge < -0.3 is 5.32 Å². The molecule has 1 aliphatic carbocycles. The maximum Gasteiger partial charge on any atom is 0.265 e. The number of carbonyl (C=O) groups is 1. The molecule has 0 aliphatic heterocycles. The molecule has 0 bridgehead atoms. The van der Waals surface area contributed by atoms with Crippen LogP contribution in [-0.4, -0.2) is 21.4 Å². The van der Waals surface area contributed by atoms with E-state index in [-0.39, 0.29) is 16.2 Å². The predicted molar refractivity (Wildman–Crippen MR) is 110 cm³/mol. The highest BCUT2D eigenvalue weighted by molar-refractivity contribution is 7.89. The number of carbonyl (C=O) groups excluding carboxylic acids is 1. The van der Waals surface area contributed by atoms with Gasteiger partial charge in [0, 0.05) is 10.6 Å². The Morgan fingerprint density at radius 2 is 1.85 bits per heavy atom. The zero-order valence-electron chi connectivity index (χ0n) is 16.1. The molecule has 5 nitrogen and oxygen atoms in total. The Hall–Kier alpha value is -1.70. The van der Waals surface area contributed by atoms with Gasteiger partial charge in [0.1, 0.15) is 0 Å². The number of nitrogens with one attached hydrogen (secondary N) is 2. The molecule has 2 N–H and O–H groups in total. The van der Waals surface area contributed by atoms with Crippen molar-refractivity contribution < 1.29 is 13.2 Å². The first-order chi connectivity index (χ1) is 12.6. The van der Waals surface area contributed by atoms with Crippen LogP contribution >= 0.6 is 11.3 Å². The summed E-state index contributed by atoms with van der Waals surface area (Å²) in [6.45, 7) is 6.84. The third-order valence-corrected chi connectivity index (χ3v) is 7.89. The van der Waals surface area contributed by atoms with Gasteiger partial charge in [-0.15, -0.1) is 11.3 Å². The lowest BCUT2D eigenvalue weighted by Crippen LogP contribution is -2.26. The van der Waals surface area contributed by atoms with E-state index in [1.807, 2.05) is 6.07 Å². The Balaban J connectivity index is 1.72. The molecule has 0 saturated heterocycles. The van der Waals surface area contributed by atoms with Crippen LogP contribution in [0.2, 0.25) is 0 Å². The number of hydrogen-bond acceptors (Lipinski definition) is 4. The lowest BCUT2D eigenvalue weighted by Gasteiger charge is -2.33. The minimum atomic E-state index is -3.48. The Morgan fingerprint density at radius 3 is 2.44 bits per heavy atom. The van der Waals surface area contributed by atoms with Gasteiger partial charge in [-0.2, -0.15) is 0 Å². The number of hydrogen-bond donors (Lipinski definition) is 2. The summed E-state index contributed by atoms with van der Waals surface area (Å²) in [6.07, 6.45) is 3.23. The fraction of sp³-hybridized carbons (Fsp3) is 0.450. The van der Waals surface area contributed by atoms with Crippen LogP contribution in [0.25, 0.3) is 0 Å². The maximum atomic E-state index is 12.6. The number of sulfonamides is 1. The molecule has 1 amide bonds. The second-order valence-electron chi connectivity index (χ2n) is 8.05. The van der Waals surface area contributed by atoms with Gasteiger partial charge in [-0.25, -0.2) is 13.1 Å². The van der Waals surface area contributed by atoms with Crippen LogP contribution < -0.4 is 10.0 Å². The third-order valence-electron chi connectivity index (χ3n) is 5.22. The van der Waals surface area contributed by atoms with Crippen LogP contribution in [0.1, 0.15) is 47.3 Å². The van der Waals surface area contributed by atoms with Gasteiger partial charge >= 0.3 is 0 Å². The topological polar surface area (TPSA) is 75.3 Å². The van der Waals surface area contributed by atoms with E-state index in [1.165, 1.54) is 36.0 Å². The van der Waals surface area contributed by atoms with E-state index < -0.39 is 10.0 Å². The molecule has 1 aliphatic rings. The number of rotatable bonds is 4. The highest BCUT2D eigenvalue weighted by atomic mass is 32.2. The summed E-state index contributed by atoms with van der Waals surface area (Å²) < 4.78 is 25.8. The number of thiophene rings is 1. The highest BCUT2D eigenvalue weighted by Crippen LogP contribution is 2.40. The summed E-state index contributed by atoms with van der Waals surface area (Å²) in [5, 5.41) is 2.86. The molecular formula is C20H26N2O3S2. The van der Waals surface area contributed by atoms with Crippen molar-refractivity contribution in [1.82, 2.24) is 4.72 Å². The average molecular weight is 407 g/mol. The first kappa shape index (κ1) is 20.0. The van der Waals surface area contributed by atoms with E-state index in [4.69, 9.17) is 0 Å². The summed E-state index contributed by atoms with van der Waals surface area (Å²) in [7, 11) is -2.11. The molecule has 1 aromatic heterocycles. The molecule has 3 rings (SSSR count). The second-order valence-corrected chi connectivity index (χ2v) is 11.1. The van der Waals surface area contributed by atoms with Crippen molar-refractivity contribution in [1.29, 1.82) is 0 Å². The van der Waals surface area contributed by atoms with Crippen molar-refractivity contribution in [2.45, 2.75) is 44.9 Å². The van der Waals surface area contributed by atoms with E-state index in [1.54, 1.807) is 23.5 Å². The summed E-state index contributed by atoms with van der Waals surface area (Å²) in [4.78, 5) is 14.8. The highest BCUT2D eigenvalue weighted by Gasteiger charge is 2.30. The first-order valence-corrected chi connectivity index (χ1v) is 11.4. The fourth-order valence-corrected chi connectivity index (χ4v) is 5.24. The average Bonchev–Trinajstić information content (AvgIpc) is 3.05. The standard InChI is InChI=1S/C20H26N2O3S2/c1-20(2,3)14-5-10-17-13(11-14)12-18(26-17)19(23)22-15-6-8-16(9-7-15)27(24,25)21-4/h6-9,12,14,21H,5,10-11H2,1-4H3,(H,22,23)/t14-/m1/s1. The number of anilines is 1. The predicted octanol–water partition coefficient (Wildman–Crippen LogP) is 4.06. The minimum Gasteiger partial charge on any atom is -0.321 e. The largest absolute Gasteiger partial charge is 0.321 e. The summed E-state index contributed by atoms with van der Waals surface area (Å²) in [6, 6.07) is 8.19. The summed E-state index contributed by atoms with van der Waals surface area (Å²) in [5.74, 6) is 0.489. The zero-order valence-corrected chi connectivity index (χ0v) is 17.8. The molecule has 2 aromatic rings. The van der Waals surface area contributed by atoms with Gasteiger partial charge in [0.15, 0.2) is 0 Å². The van der Waals surface area contributed by atoms with Crippen LogP contribution in [0.3, 0.4) is 0 Å². The zero-order chi connectivity index (χ0) is 19.8. The Morgan fingerprint density at radius 1 is 1.19 bits per heavy atom. The van der Waals surface area contributed by atoms with Gasteiger partial charge in [0.2, 0.25) is 10.0 Å². The molecule has 0 radical (unpaired) electrons. The maximum absolute atomic E-state index is 12.6. The van der Waals surface area contributed by atoms with E-state index >= 15 is 0 Å². The molecule has 27 heavy (non-hydrogen) atoms. The summed E-state index contributed by atoms with van der Waals surface area (Å²) in [5.41, 5.74) is 2.15. The number of aryl methyl sites for hydroxylation is 1. The normalized spacial score (nSPS) is 17.4. The minimum absolute atomic E-state index is 0.147. The van der Waals surface area contributed by atoms with Gasteiger partial charge in [-0.1, -0.05) is 20.8 Å². The molecule has 146 valence electrons. The lowest BCUT2D eigenvalue weighted by atomic mass is 9.72. The Kier molecular flexibility index (Phi) is 5.47. The molecule has 7 heteroatoms. The number of fused-ring (bicyclic) bond motifs is 1. The molecule has 0 fully saturated rings. The molecule has 1 atom stereocenters. The molecule has 0 saturated carbocycles. The van der Waals surface area contributed by atoms with Crippen molar-refractivity contribution in [3.63, 3.8) is 0 Å². The van der Waals surface area contributed by atoms with Gasteiger partial charge in [0.25, 0.3) is 5.91 Å². The quantitative estimate of drug-likeness (QED) is 0.804. The van der Waals surface area contributed by atoms with Crippen LogP contribution in [0.15, 0.2) is 35.2 Å². The second kappa shape index (κ2) is 7.37. The van der Waals surface area contributed by atoms with E-state index in [0.717, 1.165) is 12.8 Å². The van der Waals surface area contributed by atoms with Gasteiger partial charge in [-0.05, 0) is 73.5 Å². The van der Waals surface area contributed by atoms with Crippen molar-refractivity contribution in [2.24, 2.45) is 11.3 Å². The SMILES string of the molecule is CNS(=O)(=O)c1ccc(NC(=O)c2cc3c(s2)CC[C@@H](C(C)(C)C)C3)cc1. The Bertz CT molecular complexity index is 939. The van der Waals surface area contributed by atoms with Crippen molar-refractivity contribution >= 4 is 33.0 Å². The summed E-state index contributed by atoms with van der Waals surface area (Å²) >= 11 is 1.57. The Labute approximate surface area is 165 Å². The van der Waals surface area contributed by atoms with Crippen LogP contribution in [0.4, 0.5) is 5.69 Å². The van der Waals surface area contributed by atoms with Crippen LogP contribution in [0, 0.1) is 11.3 Å². The molecule has 1 aromatic carbocycles. The fourth-order valence-electron chi connectivity index (χ4n) is 3.40.